The molecule has 0 saturated carbocycles. The zero-order chi connectivity index (χ0) is 26.1. The minimum Gasteiger partial charge on any atom is -0.497 e. The van der Waals surface area contributed by atoms with E-state index < -0.39 is 0 Å². The number of methoxy groups -OCH3 is 2. The van der Waals surface area contributed by atoms with Gasteiger partial charge in [-0.3, -0.25) is 4.98 Å². The second-order valence-electron chi connectivity index (χ2n) is 9.18. The summed E-state index contributed by atoms with van der Waals surface area (Å²) in [5, 5.41) is 4.18. The summed E-state index contributed by atoms with van der Waals surface area (Å²) < 4.78 is 13.7. The quantitative estimate of drug-likeness (QED) is 0.296. The maximum atomic E-state index is 5.96. The van der Waals surface area contributed by atoms with Crippen molar-refractivity contribution in [3.05, 3.63) is 101 Å². The molecule has 190 valence electrons. The van der Waals surface area contributed by atoms with E-state index in [-0.39, 0.29) is 12.1 Å². The number of pyridine rings is 1. The van der Waals surface area contributed by atoms with Gasteiger partial charge in [0, 0.05) is 29.3 Å². The van der Waals surface area contributed by atoms with Crippen molar-refractivity contribution in [3.63, 3.8) is 0 Å². The first kappa shape index (κ1) is 24.8. The number of nitrogens with zero attached hydrogens (tertiary/aromatic N) is 3. The van der Waals surface area contributed by atoms with Crippen molar-refractivity contribution in [1.29, 1.82) is 0 Å². The molecule has 0 aliphatic carbocycles. The van der Waals surface area contributed by atoms with Gasteiger partial charge in [-0.25, -0.2) is 0 Å². The molecule has 1 aliphatic heterocycles. The molecule has 0 bridgehead atoms. The molecule has 7 heteroatoms. The molecule has 4 aromatic rings. The minimum absolute atomic E-state index is 0.153. The van der Waals surface area contributed by atoms with Gasteiger partial charge in [0.2, 0.25) is 0 Å². The van der Waals surface area contributed by atoms with Crippen LogP contribution >= 0.6 is 12.2 Å². The van der Waals surface area contributed by atoms with Gasteiger partial charge in [0.15, 0.2) is 5.11 Å². The maximum Gasteiger partial charge on any atom is 0.174 e. The molecule has 0 radical (unpaired) electrons. The van der Waals surface area contributed by atoms with E-state index in [0.717, 1.165) is 29.3 Å². The summed E-state index contributed by atoms with van der Waals surface area (Å²) in [5.74, 6) is 1.46. The SMILES string of the molecule is CCc1ccccc1-n1c(C)cc([C@@H]2[C@H](c3ccccn3)NC(=S)N2c2cc(OC)ccc2OC)c1C. The summed E-state index contributed by atoms with van der Waals surface area (Å²) in [6.07, 6.45) is 2.79. The molecule has 0 amide bonds. The van der Waals surface area contributed by atoms with Gasteiger partial charge in [0.1, 0.15) is 11.5 Å². The molecule has 6 nitrogen and oxygen atoms in total. The maximum absolute atomic E-state index is 5.96. The number of hydrogen-bond donors (Lipinski definition) is 1. The second kappa shape index (κ2) is 10.3. The van der Waals surface area contributed by atoms with E-state index in [2.05, 4.69) is 65.9 Å². The van der Waals surface area contributed by atoms with Crippen LogP contribution in [0.2, 0.25) is 0 Å². The first-order valence-electron chi connectivity index (χ1n) is 12.5. The predicted molar refractivity (Wildman–Crippen MR) is 152 cm³/mol. The number of aromatic nitrogens is 2. The number of benzene rings is 2. The van der Waals surface area contributed by atoms with Crippen molar-refractivity contribution in [2.75, 3.05) is 19.1 Å². The van der Waals surface area contributed by atoms with Crippen LogP contribution in [-0.2, 0) is 6.42 Å². The topological polar surface area (TPSA) is 51.6 Å². The molecule has 0 unspecified atom stereocenters. The van der Waals surface area contributed by atoms with E-state index in [1.54, 1.807) is 14.2 Å². The predicted octanol–water partition coefficient (Wildman–Crippen LogP) is 6.25. The van der Waals surface area contributed by atoms with E-state index in [0.29, 0.717) is 5.11 Å². The molecular formula is C30H32N4O2S. The fourth-order valence-corrected chi connectivity index (χ4v) is 5.74. The van der Waals surface area contributed by atoms with Crippen LogP contribution in [0.25, 0.3) is 5.69 Å². The number of ether oxygens (including phenoxy) is 2. The molecular weight excluding hydrogens is 480 g/mol. The summed E-state index contributed by atoms with van der Waals surface area (Å²) in [6, 6.07) is 22.3. The second-order valence-corrected chi connectivity index (χ2v) is 9.57. The fourth-order valence-electron chi connectivity index (χ4n) is 5.40. The lowest BCUT2D eigenvalue weighted by molar-refractivity contribution is 0.403. The van der Waals surface area contributed by atoms with Crippen molar-refractivity contribution in [1.82, 2.24) is 14.9 Å². The summed E-state index contributed by atoms with van der Waals surface area (Å²) in [4.78, 5) is 6.85. The van der Waals surface area contributed by atoms with E-state index in [1.807, 2.05) is 42.6 Å². The highest BCUT2D eigenvalue weighted by atomic mass is 32.1. The molecule has 3 heterocycles. The van der Waals surface area contributed by atoms with Crippen LogP contribution in [0.5, 0.6) is 11.5 Å². The molecule has 1 N–H and O–H groups in total. The Labute approximate surface area is 223 Å². The standard InChI is InChI=1S/C30H32N4O2S/c1-6-21-11-7-8-13-25(21)33-19(2)17-23(20(33)3)29-28(24-12-9-10-16-31-24)32-30(37)34(29)26-18-22(35-4)14-15-27(26)36-5/h7-18,28-29H,6H2,1-5H3,(H,32,37)/t28-,29+/m0/s1. The van der Waals surface area contributed by atoms with Crippen LogP contribution < -0.4 is 19.7 Å². The lowest BCUT2D eigenvalue weighted by Gasteiger charge is -2.29. The third kappa shape index (κ3) is 4.33. The van der Waals surface area contributed by atoms with Gasteiger partial charge in [0.25, 0.3) is 0 Å². The van der Waals surface area contributed by atoms with Crippen LogP contribution in [0.1, 0.15) is 47.2 Å². The highest BCUT2D eigenvalue weighted by Gasteiger charge is 2.43. The van der Waals surface area contributed by atoms with Crippen molar-refractivity contribution in [3.8, 4) is 17.2 Å². The normalized spacial score (nSPS) is 17.1. The largest absolute Gasteiger partial charge is 0.497 e. The Morgan fingerprint density at radius 3 is 2.43 bits per heavy atom. The Morgan fingerprint density at radius 2 is 1.73 bits per heavy atom. The first-order valence-corrected chi connectivity index (χ1v) is 12.9. The number of aryl methyl sites for hydroxylation is 2. The molecule has 2 atom stereocenters. The number of rotatable bonds is 7. The molecule has 5 rings (SSSR count). The Balaban J connectivity index is 1.73. The van der Waals surface area contributed by atoms with E-state index in [1.165, 1.54) is 28.2 Å². The number of nitrogens with one attached hydrogen (secondary N) is 1. The Hall–Kier alpha value is -3.84. The summed E-state index contributed by atoms with van der Waals surface area (Å²) in [6.45, 7) is 6.55. The van der Waals surface area contributed by atoms with Crippen molar-refractivity contribution in [2.24, 2.45) is 0 Å². The molecule has 1 aliphatic rings. The third-order valence-electron chi connectivity index (χ3n) is 7.15. The molecule has 2 aromatic heterocycles. The van der Waals surface area contributed by atoms with Gasteiger partial charge in [-0.05, 0) is 80.0 Å². The lowest BCUT2D eigenvalue weighted by atomic mass is 9.96. The number of thiocarbonyl (C=S) groups is 1. The third-order valence-corrected chi connectivity index (χ3v) is 7.46. The first-order chi connectivity index (χ1) is 18.0. The van der Waals surface area contributed by atoms with Gasteiger partial charge < -0.3 is 24.3 Å². The molecule has 1 saturated heterocycles. The zero-order valence-electron chi connectivity index (χ0n) is 21.9. The van der Waals surface area contributed by atoms with Crippen LogP contribution in [0, 0.1) is 13.8 Å². The molecule has 2 aromatic carbocycles. The summed E-state index contributed by atoms with van der Waals surface area (Å²) >= 11 is 5.96. The Morgan fingerprint density at radius 1 is 0.946 bits per heavy atom. The van der Waals surface area contributed by atoms with Crippen LogP contribution in [0.15, 0.2) is 72.9 Å². The average molecular weight is 513 g/mol. The summed E-state index contributed by atoms with van der Waals surface area (Å²) in [5.41, 5.74) is 7.81. The lowest BCUT2D eigenvalue weighted by Crippen LogP contribution is -2.30. The average Bonchev–Trinajstić information content (AvgIpc) is 3.43. The van der Waals surface area contributed by atoms with E-state index in [4.69, 9.17) is 26.7 Å². The zero-order valence-corrected chi connectivity index (χ0v) is 22.7. The van der Waals surface area contributed by atoms with Gasteiger partial charge >= 0.3 is 0 Å². The van der Waals surface area contributed by atoms with Gasteiger partial charge in [-0.2, -0.15) is 0 Å². The fraction of sp³-hybridized carbons (Fsp3) is 0.267. The van der Waals surface area contributed by atoms with Crippen molar-refractivity contribution < 1.29 is 9.47 Å². The molecule has 1 fully saturated rings. The minimum atomic E-state index is -0.155. The van der Waals surface area contributed by atoms with Crippen LogP contribution in [0.3, 0.4) is 0 Å². The van der Waals surface area contributed by atoms with E-state index in [9.17, 15) is 0 Å². The van der Waals surface area contributed by atoms with Crippen LogP contribution in [-0.4, -0.2) is 28.9 Å². The number of anilines is 1. The van der Waals surface area contributed by atoms with Crippen LogP contribution in [0.4, 0.5) is 5.69 Å². The Bertz CT molecular complexity index is 1430. The van der Waals surface area contributed by atoms with Crippen molar-refractivity contribution in [2.45, 2.75) is 39.3 Å². The highest BCUT2D eigenvalue weighted by molar-refractivity contribution is 7.80. The molecule has 0 spiro atoms. The number of para-hydroxylation sites is 1. The number of hydrogen-bond acceptors (Lipinski definition) is 4. The molecule has 37 heavy (non-hydrogen) atoms. The van der Waals surface area contributed by atoms with Gasteiger partial charge in [-0.1, -0.05) is 31.2 Å². The van der Waals surface area contributed by atoms with E-state index >= 15 is 0 Å². The highest BCUT2D eigenvalue weighted by Crippen LogP contribution is 2.47. The van der Waals surface area contributed by atoms with Gasteiger partial charge in [0.05, 0.1) is 37.7 Å². The Kier molecular flexibility index (Phi) is 6.89. The van der Waals surface area contributed by atoms with Gasteiger partial charge in [-0.15, -0.1) is 0 Å². The summed E-state index contributed by atoms with van der Waals surface area (Å²) in [7, 11) is 3.34. The smallest absolute Gasteiger partial charge is 0.174 e. The monoisotopic (exact) mass is 512 g/mol. The van der Waals surface area contributed by atoms with Crippen molar-refractivity contribution >= 4 is 23.0 Å².